The molecule has 0 aliphatic heterocycles. The predicted octanol–water partition coefficient (Wildman–Crippen LogP) is 5.39. The van der Waals surface area contributed by atoms with Gasteiger partial charge >= 0.3 is 0 Å². The fourth-order valence-corrected chi connectivity index (χ4v) is 3.91. The van der Waals surface area contributed by atoms with Crippen molar-refractivity contribution >= 4 is 11.8 Å². The van der Waals surface area contributed by atoms with Gasteiger partial charge in [-0.2, -0.15) is 0 Å². The molecule has 2 aromatic carbocycles. The summed E-state index contributed by atoms with van der Waals surface area (Å²) in [6.45, 7) is 7.68. The highest BCUT2D eigenvalue weighted by Crippen LogP contribution is 2.32. The Kier molecular flexibility index (Phi) is 9.78. The second-order valence-electron chi connectivity index (χ2n) is 7.94. The van der Waals surface area contributed by atoms with Gasteiger partial charge in [-0.15, -0.1) is 0 Å². The molecule has 5 nitrogen and oxygen atoms in total. The molecule has 31 heavy (non-hydrogen) atoms. The summed E-state index contributed by atoms with van der Waals surface area (Å²) < 4.78 is 5.27. The van der Waals surface area contributed by atoms with Crippen molar-refractivity contribution in [3.05, 3.63) is 66.2 Å². The number of oxazole rings is 1. The summed E-state index contributed by atoms with van der Waals surface area (Å²) in [4.78, 5) is 6.63. The Morgan fingerprint density at radius 1 is 1.00 bits per heavy atom. The average Bonchev–Trinajstić information content (AvgIpc) is 3.21. The van der Waals surface area contributed by atoms with Crippen LogP contribution in [0.15, 0.2) is 69.0 Å². The van der Waals surface area contributed by atoms with Crippen LogP contribution in [0.4, 0.5) is 0 Å². The van der Waals surface area contributed by atoms with Gasteiger partial charge in [-0.1, -0.05) is 63.2 Å². The summed E-state index contributed by atoms with van der Waals surface area (Å²) in [6.07, 6.45) is 3.44. The van der Waals surface area contributed by atoms with Crippen LogP contribution in [0.1, 0.15) is 51.0 Å². The second kappa shape index (κ2) is 12.1. The lowest BCUT2D eigenvalue weighted by molar-refractivity contribution is 0.110. The maximum Gasteiger partial charge on any atom is 0.191 e. The van der Waals surface area contributed by atoms with Gasteiger partial charge in [0.1, 0.15) is 12.0 Å². The molecule has 4 N–H and O–H groups in total. The van der Waals surface area contributed by atoms with E-state index in [1.165, 1.54) is 6.42 Å². The number of rotatable bonds is 8. The summed E-state index contributed by atoms with van der Waals surface area (Å²) in [7, 11) is 0. The number of aliphatic hydroxyl groups is 2. The minimum absolute atomic E-state index is 0.147. The number of aryl methyl sites for hydroxylation is 1. The molecular formula is C25H34N2O3S. The SMILES string of the molecule is CCC.Cc1nc(-c2ccc(Sc3ccc(C(C)CC(N)(CO)CO)cc3)cc2)co1. The van der Waals surface area contributed by atoms with Crippen molar-refractivity contribution in [1.29, 1.82) is 0 Å². The summed E-state index contributed by atoms with van der Waals surface area (Å²) in [5.41, 5.74) is 8.07. The highest BCUT2D eigenvalue weighted by Gasteiger charge is 2.26. The Bertz CT molecular complexity index is 903. The molecule has 0 spiro atoms. The van der Waals surface area contributed by atoms with Crippen molar-refractivity contribution in [2.45, 2.75) is 61.8 Å². The fourth-order valence-electron chi connectivity index (χ4n) is 3.10. The predicted molar refractivity (Wildman–Crippen MR) is 127 cm³/mol. The minimum atomic E-state index is -0.947. The zero-order valence-corrected chi connectivity index (χ0v) is 19.7. The molecule has 1 heterocycles. The molecule has 0 aliphatic carbocycles. The zero-order valence-electron chi connectivity index (χ0n) is 18.8. The van der Waals surface area contributed by atoms with Gasteiger partial charge in [0.2, 0.25) is 0 Å². The van der Waals surface area contributed by atoms with Crippen molar-refractivity contribution in [2.24, 2.45) is 5.73 Å². The van der Waals surface area contributed by atoms with Gasteiger partial charge in [-0.05, 0) is 42.2 Å². The first-order chi connectivity index (χ1) is 14.8. The summed E-state index contributed by atoms with van der Waals surface area (Å²) >= 11 is 1.69. The van der Waals surface area contributed by atoms with Gasteiger partial charge in [0, 0.05) is 22.3 Å². The summed E-state index contributed by atoms with van der Waals surface area (Å²) in [5, 5.41) is 18.8. The molecule has 0 saturated heterocycles. The van der Waals surface area contributed by atoms with Crippen LogP contribution in [0.5, 0.6) is 0 Å². The molecule has 1 atom stereocenters. The lowest BCUT2D eigenvalue weighted by Gasteiger charge is -2.28. The highest BCUT2D eigenvalue weighted by atomic mass is 32.2. The highest BCUT2D eigenvalue weighted by molar-refractivity contribution is 7.99. The molecule has 0 radical (unpaired) electrons. The molecule has 1 unspecified atom stereocenters. The van der Waals surface area contributed by atoms with Crippen molar-refractivity contribution in [2.75, 3.05) is 13.2 Å². The van der Waals surface area contributed by atoms with E-state index in [0.29, 0.717) is 12.3 Å². The van der Waals surface area contributed by atoms with E-state index in [1.807, 2.05) is 19.1 Å². The van der Waals surface area contributed by atoms with E-state index < -0.39 is 5.54 Å². The van der Waals surface area contributed by atoms with Crippen LogP contribution >= 0.6 is 11.8 Å². The van der Waals surface area contributed by atoms with Crippen molar-refractivity contribution in [3.8, 4) is 11.3 Å². The van der Waals surface area contributed by atoms with Gasteiger partial charge in [0.25, 0.3) is 0 Å². The van der Waals surface area contributed by atoms with Crippen LogP contribution in [0.25, 0.3) is 11.3 Å². The summed E-state index contributed by atoms with van der Waals surface area (Å²) in [6, 6.07) is 16.6. The molecule has 0 aliphatic rings. The molecular weight excluding hydrogens is 408 g/mol. The van der Waals surface area contributed by atoms with Crippen LogP contribution in [0, 0.1) is 6.92 Å². The van der Waals surface area contributed by atoms with E-state index in [9.17, 15) is 10.2 Å². The van der Waals surface area contributed by atoms with Gasteiger partial charge in [-0.3, -0.25) is 0 Å². The number of hydrogen-bond acceptors (Lipinski definition) is 6. The Labute approximate surface area is 189 Å². The quantitative estimate of drug-likeness (QED) is 0.433. The minimum Gasteiger partial charge on any atom is -0.449 e. The fraction of sp³-hybridized carbons (Fsp3) is 0.400. The first-order valence-corrected chi connectivity index (χ1v) is 11.5. The van der Waals surface area contributed by atoms with Gasteiger partial charge in [-0.25, -0.2) is 4.98 Å². The number of aromatic nitrogens is 1. The third kappa shape index (κ3) is 7.51. The van der Waals surface area contributed by atoms with Gasteiger partial charge < -0.3 is 20.4 Å². The first kappa shape index (κ1) is 25.1. The average molecular weight is 443 g/mol. The molecule has 0 bridgehead atoms. The van der Waals surface area contributed by atoms with Crippen LogP contribution in [0.2, 0.25) is 0 Å². The number of benzene rings is 2. The molecule has 0 fully saturated rings. The van der Waals surface area contributed by atoms with Crippen LogP contribution in [-0.2, 0) is 0 Å². The zero-order chi connectivity index (χ0) is 22.9. The third-order valence-electron chi connectivity index (χ3n) is 4.80. The molecule has 3 rings (SSSR count). The first-order valence-electron chi connectivity index (χ1n) is 10.6. The standard InChI is InChI=1S/C22H26N2O3S.C3H8/c1-15(11-22(23,13-25)14-26)17-3-7-19(8-4-17)28-20-9-5-18(6-10-20)21-12-27-16(2)24-21;1-3-2/h3-10,12,15,25-26H,11,13-14,23H2,1-2H3;3H2,1-2H3. The van der Waals surface area contributed by atoms with E-state index in [-0.39, 0.29) is 19.1 Å². The Balaban J connectivity index is 0.00000107. The van der Waals surface area contributed by atoms with Crippen molar-refractivity contribution in [3.63, 3.8) is 0 Å². The molecule has 0 amide bonds. The Morgan fingerprint density at radius 2 is 1.52 bits per heavy atom. The number of nitrogens with two attached hydrogens (primary N) is 1. The topological polar surface area (TPSA) is 92.5 Å². The second-order valence-corrected chi connectivity index (χ2v) is 9.09. The number of hydrogen-bond donors (Lipinski definition) is 3. The molecule has 0 saturated carbocycles. The van der Waals surface area contributed by atoms with Crippen LogP contribution in [-0.4, -0.2) is 33.9 Å². The van der Waals surface area contributed by atoms with E-state index >= 15 is 0 Å². The normalized spacial score (nSPS) is 12.2. The summed E-state index contributed by atoms with van der Waals surface area (Å²) in [5.74, 6) is 0.807. The van der Waals surface area contributed by atoms with Crippen molar-refractivity contribution < 1.29 is 14.6 Å². The monoisotopic (exact) mass is 442 g/mol. The van der Waals surface area contributed by atoms with Gasteiger partial charge in [0.15, 0.2) is 5.89 Å². The largest absolute Gasteiger partial charge is 0.449 e. The van der Waals surface area contributed by atoms with E-state index in [1.54, 1.807) is 18.0 Å². The van der Waals surface area contributed by atoms with E-state index in [2.05, 4.69) is 62.2 Å². The van der Waals surface area contributed by atoms with E-state index in [4.69, 9.17) is 10.2 Å². The molecule has 168 valence electrons. The number of nitrogens with zero attached hydrogens (tertiary/aromatic N) is 1. The van der Waals surface area contributed by atoms with Crippen molar-refractivity contribution in [1.82, 2.24) is 4.98 Å². The maximum atomic E-state index is 9.39. The van der Waals surface area contributed by atoms with Gasteiger partial charge in [0.05, 0.1) is 18.8 Å². The van der Waals surface area contributed by atoms with E-state index in [0.717, 1.165) is 26.6 Å². The third-order valence-corrected chi connectivity index (χ3v) is 5.81. The smallest absolute Gasteiger partial charge is 0.191 e. The lowest BCUT2D eigenvalue weighted by atomic mass is 9.86. The lowest BCUT2D eigenvalue weighted by Crippen LogP contribution is -2.48. The van der Waals surface area contributed by atoms with Crippen LogP contribution < -0.4 is 5.73 Å². The molecule has 6 heteroatoms. The molecule has 3 aromatic rings. The number of aliphatic hydroxyl groups excluding tert-OH is 2. The Hall–Kier alpha value is -2.12. The maximum absolute atomic E-state index is 9.39. The van der Waals surface area contributed by atoms with Crippen LogP contribution in [0.3, 0.4) is 0 Å². The molecule has 1 aromatic heterocycles. The Morgan fingerprint density at radius 3 is 1.97 bits per heavy atom.